The van der Waals surface area contributed by atoms with Crippen molar-refractivity contribution in [3.05, 3.63) is 68.8 Å². The molecule has 1 heterocycles. The van der Waals surface area contributed by atoms with Gasteiger partial charge in [0.2, 0.25) is 0 Å². The summed E-state index contributed by atoms with van der Waals surface area (Å²) >= 11 is 9.55. The third-order valence-electron chi connectivity index (χ3n) is 3.60. The van der Waals surface area contributed by atoms with Crippen LogP contribution in [0.15, 0.2) is 47.1 Å². The molecule has 106 valence electrons. The van der Waals surface area contributed by atoms with Gasteiger partial charge in [-0.3, -0.25) is 4.79 Å². The van der Waals surface area contributed by atoms with Crippen molar-refractivity contribution in [2.45, 2.75) is 13.3 Å². The van der Waals surface area contributed by atoms with Crippen LogP contribution in [0.1, 0.15) is 28.4 Å². The monoisotopic (exact) mass is 361 g/mol. The Morgan fingerprint density at radius 3 is 2.81 bits per heavy atom. The molecule has 0 atom stereocenters. The van der Waals surface area contributed by atoms with Crippen molar-refractivity contribution in [3.63, 3.8) is 0 Å². The largest absolute Gasteiger partial charge is 0.360 e. The molecule has 2 aromatic carbocycles. The molecule has 0 aliphatic rings. The SMILES string of the molecule is CCc1cccc2c(C(=O)c3cc(Br)ccc3Cl)c[nH]c12. The quantitative estimate of drug-likeness (QED) is 0.624. The number of halogens is 2. The van der Waals surface area contributed by atoms with Crippen molar-refractivity contribution in [1.29, 1.82) is 0 Å². The van der Waals surface area contributed by atoms with Crippen molar-refractivity contribution in [2.75, 3.05) is 0 Å². The first-order valence-corrected chi connectivity index (χ1v) is 7.87. The van der Waals surface area contributed by atoms with E-state index in [4.69, 9.17) is 11.6 Å². The number of carbonyl (C=O) groups excluding carboxylic acids is 1. The number of nitrogens with one attached hydrogen (secondary N) is 1. The lowest BCUT2D eigenvalue weighted by molar-refractivity contribution is 0.104. The van der Waals surface area contributed by atoms with E-state index in [-0.39, 0.29) is 5.78 Å². The summed E-state index contributed by atoms with van der Waals surface area (Å²) in [5.41, 5.74) is 3.38. The van der Waals surface area contributed by atoms with Gasteiger partial charge < -0.3 is 4.98 Å². The molecule has 21 heavy (non-hydrogen) atoms. The summed E-state index contributed by atoms with van der Waals surface area (Å²) in [5.74, 6) is -0.0687. The zero-order chi connectivity index (χ0) is 15.0. The molecule has 3 rings (SSSR count). The molecule has 0 saturated heterocycles. The average molecular weight is 363 g/mol. The van der Waals surface area contributed by atoms with Gasteiger partial charge in [0, 0.05) is 32.7 Å². The minimum absolute atomic E-state index is 0.0687. The second-order valence-electron chi connectivity index (χ2n) is 4.85. The van der Waals surface area contributed by atoms with Gasteiger partial charge in [0.25, 0.3) is 0 Å². The molecule has 0 saturated carbocycles. The predicted molar refractivity (Wildman–Crippen MR) is 90.3 cm³/mol. The summed E-state index contributed by atoms with van der Waals surface area (Å²) in [6, 6.07) is 11.3. The number of aryl methyl sites for hydroxylation is 1. The number of hydrogen-bond donors (Lipinski definition) is 1. The van der Waals surface area contributed by atoms with Crippen molar-refractivity contribution in [2.24, 2.45) is 0 Å². The zero-order valence-electron chi connectivity index (χ0n) is 11.4. The fourth-order valence-electron chi connectivity index (χ4n) is 2.52. The highest BCUT2D eigenvalue weighted by Crippen LogP contribution is 2.28. The Morgan fingerprint density at radius 1 is 1.24 bits per heavy atom. The molecule has 0 radical (unpaired) electrons. The van der Waals surface area contributed by atoms with Gasteiger partial charge in [-0.2, -0.15) is 0 Å². The van der Waals surface area contributed by atoms with Gasteiger partial charge in [0.05, 0.1) is 5.02 Å². The number of fused-ring (bicyclic) bond motifs is 1. The first-order valence-electron chi connectivity index (χ1n) is 6.70. The van der Waals surface area contributed by atoms with Crippen molar-refractivity contribution in [3.8, 4) is 0 Å². The lowest BCUT2D eigenvalue weighted by Gasteiger charge is -2.04. The molecule has 1 aromatic heterocycles. The summed E-state index contributed by atoms with van der Waals surface area (Å²) in [5, 5.41) is 1.40. The molecule has 0 spiro atoms. The molecule has 3 aromatic rings. The van der Waals surface area contributed by atoms with Gasteiger partial charge in [-0.1, -0.05) is 52.7 Å². The van der Waals surface area contributed by atoms with Crippen LogP contribution < -0.4 is 0 Å². The van der Waals surface area contributed by atoms with E-state index in [1.54, 1.807) is 18.3 Å². The van der Waals surface area contributed by atoms with E-state index in [1.807, 2.05) is 18.2 Å². The smallest absolute Gasteiger partial charge is 0.196 e. The molecule has 0 bridgehead atoms. The summed E-state index contributed by atoms with van der Waals surface area (Å²) < 4.78 is 0.837. The molecular weight excluding hydrogens is 350 g/mol. The van der Waals surface area contributed by atoms with Crippen LogP contribution in [0.2, 0.25) is 5.02 Å². The van der Waals surface area contributed by atoms with Crippen molar-refractivity contribution in [1.82, 2.24) is 4.98 Å². The van der Waals surface area contributed by atoms with E-state index in [0.717, 1.165) is 21.8 Å². The number of aromatic nitrogens is 1. The number of rotatable bonds is 3. The highest BCUT2D eigenvalue weighted by Gasteiger charge is 2.18. The van der Waals surface area contributed by atoms with E-state index in [1.165, 1.54) is 5.56 Å². The molecule has 0 aliphatic heterocycles. The highest BCUT2D eigenvalue weighted by atomic mass is 79.9. The number of carbonyl (C=O) groups is 1. The summed E-state index contributed by atoms with van der Waals surface area (Å²) in [4.78, 5) is 16.0. The maximum atomic E-state index is 12.8. The van der Waals surface area contributed by atoms with E-state index >= 15 is 0 Å². The Hall–Kier alpha value is -1.58. The first kappa shape index (κ1) is 14.4. The number of benzene rings is 2. The fraction of sp³-hybridized carbons (Fsp3) is 0.118. The summed E-state index contributed by atoms with van der Waals surface area (Å²) in [6.07, 6.45) is 2.69. The predicted octanol–water partition coefficient (Wildman–Crippen LogP) is 5.38. The second-order valence-corrected chi connectivity index (χ2v) is 6.17. The second kappa shape index (κ2) is 5.66. The van der Waals surface area contributed by atoms with Gasteiger partial charge in [0.15, 0.2) is 5.78 Å². The fourth-order valence-corrected chi connectivity index (χ4v) is 3.08. The van der Waals surface area contributed by atoms with E-state index in [2.05, 4.69) is 33.9 Å². The third-order valence-corrected chi connectivity index (χ3v) is 4.42. The van der Waals surface area contributed by atoms with Crippen LogP contribution in [0, 0.1) is 0 Å². The van der Waals surface area contributed by atoms with Crippen LogP contribution in [-0.2, 0) is 6.42 Å². The standard InChI is InChI=1S/C17H13BrClNO/c1-2-10-4-3-5-12-14(9-20-16(10)12)17(21)13-8-11(18)6-7-15(13)19/h3-9,20H,2H2,1H3. The molecule has 4 heteroatoms. The van der Waals surface area contributed by atoms with Crippen LogP contribution in [0.5, 0.6) is 0 Å². The lowest BCUT2D eigenvalue weighted by Crippen LogP contribution is -2.01. The van der Waals surface area contributed by atoms with Gasteiger partial charge >= 0.3 is 0 Å². The van der Waals surface area contributed by atoms with Crippen LogP contribution in [0.4, 0.5) is 0 Å². The average Bonchev–Trinajstić information content (AvgIpc) is 2.93. The molecule has 0 unspecified atom stereocenters. The van der Waals surface area contributed by atoms with Crippen molar-refractivity contribution >= 4 is 44.2 Å². The summed E-state index contributed by atoms with van der Waals surface area (Å²) in [6.45, 7) is 2.10. The normalized spacial score (nSPS) is 11.0. The van der Waals surface area contributed by atoms with E-state index < -0.39 is 0 Å². The molecule has 1 N–H and O–H groups in total. The third kappa shape index (κ3) is 2.52. The van der Waals surface area contributed by atoms with Crippen LogP contribution >= 0.6 is 27.5 Å². The lowest BCUT2D eigenvalue weighted by atomic mass is 10.0. The van der Waals surface area contributed by atoms with Gasteiger partial charge in [-0.05, 0) is 30.2 Å². The molecule has 0 aliphatic carbocycles. The minimum Gasteiger partial charge on any atom is -0.360 e. The Morgan fingerprint density at radius 2 is 2.05 bits per heavy atom. The first-order chi connectivity index (χ1) is 10.1. The summed E-state index contributed by atoms with van der Waals surface area (Å²) in [7, 11) is 0. The topological polar surface area (TPSA) is 32.9 Å². The van der Waals surface area contributed by atoms with Gasteiger partial charge in [0.1, 0.15) is 0 Å². The van der Waals surface area contributed by atoms with Crippen LogP contribution in [0.25, 0.3) is 10.9 Å². The molecule has 0 amide bonds. The van der Waals surface area contributed by atoms with Crippen molar-refractivity contribution < 1.29 is 4.79 Å². The number of ketones is 1. The maximum absolute atomic E-state index is 12.8. The van der Waals surface area contributed by atoms with Crippen LogP contribution in [-0.4, -0.2) is 10.8 Å². The maximum Gasteiger partial charge on any atom is 0.196 e. The number of hydrogen-bond acceptors (Lipinski definition) is 1. The van der Waals surface area contributed by atoms with Gasteiger partial charge in [-0.15, -0.1) is 0 Å². The van der Waals surface area contributed by atoms with E-state index in [9.17, 15) is 4.79 Å². The van der Waals surface area contributed by atoms with Gasteiger partial charge in [-0.25, -0.2) is 0 Å². The Bertz CT molecular complexity index is 838. The number of para-hydroxylation sites is 1. The van der Waals surface area contributed by atoms with Crippen LogP contribution in [0.3, 0.4) is 0 Å². The molecule has 0 fully saturated rings. The Balaban J connectivity index is 2.16. The van der Waals surface area contributed by atoms with E-state index in [0.29, 0.717) is 16.1 Å². The molecule has 2 nitrogen and oxygen atoms in total. The number of H-pyrrole nitrogens is 1. The zero-order valence-corrected chi connectivity index (χ0v) is 13.8. The Labute approximate surface area is 136 Å². The number of aromatic amines is 1. The molecular formula is C17H13BrClNO. The highest BCUT2D eigenvalue weighted by molar-refractivity contribution is 9.10. The Kier molecular flexibility index (Phi) is 3.87. The minimum atomic E-state index is -0.0687.